The first-order valence-corrected chi connectivity index (χ1v) is 10.1. The predicted molar refractivity (Wildman–Crippen MR) is 117 cm³/mol. The molecule has 0 N–H and O–H groups in total. The minimum Gasteiger partial charge on any atom is -0.497 e. The molecule has 3 aromatic rings. The molecule has 6 heteroatoms. The zero-order chi connectivity index (χ0) is 20.9. The van der Waals surface area contributed by atoms with Crippen molar-refractivity contribution in [2.24, 2.45) is 0 Å². The SMILES string of the molecule is COc1cccc(C(=O)c2cnc(Cc3ccc(N4CCN(C)CC4)cc3)nc2)c1. The number of anilines is 1. The Balaban J connectivity index is 1.40. The van der Waals surface area contributed by atoms with E-state index in [1.54, 1.807) is 37.7 Å². The molecule has 1 saturated heterocycles. The van der Waals surface area contributed by atoms with Crippen molar-refractivity contribution < 1.29 is 9.53 Å². The van der Waals surface area contributed by atoms with Gasteiger partial charge in [0.25, 0.3) is 0 Å². The lowest BCUT2D eigenvalue weighted by Crippen LogP contribution is -2.44. The van der Waals surface area contributed by atoms with Crippen LogP contribution in [0.3, 0.4) is 0 Å². The standard InChI is InChI=1S/C24H26N4O2/c1-27-10-12-28(13-11-27)21-8-6-18(7-9-21)14-23-25-16-20(17-26-23)24(29)19-4-3-5-22(15-19)30-2/h3-9,15-17H,10-14H2,1-2H3. The normalized spacial score (nSPS) is 14.5. The fourth-order valence-corrected chi connectivity index (χ4v) is 3.57. The van der Waals surface area contributed by atoms with Crippen molar-refractivity contribution in [3.63, 3.8) is 0 Å². The number of rotatable bonds is 6. The Morgan fingerprint density at radius 1 is 0.967 bits per heavy atom. The fourth-order valence-electron chi connectivity index (χ4n) is 3.57. The van der Waals surface area contributed by atoms with E-state index in [0.717, 1.165) is 31.7 Å². The summed E-state index contributed by atoms with van der Waals surface area (Å²) in [6, 6.07) is 15.7. The Labute approximate surface area is 177 Å². The smallest absolute Gasteiger partial charge is 0.196 e. The van der Waals surface area contributed by atoms with Gasteiger partial charge in [-0.25, -0.2) is 9.97 Å². The first kappa shape index (κ1) is 20.0. The van der Waals surface area contributed by atoms with E-state index in [9.17, 15) is 4.79 Å². The third kappa shape index (κ3) is 4.66. The molecule has 30 heavy (non-hydrogen) atoms. The van der Waals surface area contributed by atoms with E-state index >= 15 is 0 Å². The summed E-state index contributed by atoms with van der Waals surface area (Å²) in [6.07, 6.45) is 3.84. The maximum Gasteiger partial charge on any atom is 0.196 e. The Morgan fingerprint density at radius 2 is 1.67 bits per heavy atom. The summed E-state index contributed by atoms with van der Waals surface area (Å²) in [5, 5.41) is 0. The molecule has 1 aliphatic rings. The highest BCUT2D eigenvalue weighted by Gasteiger charge is 2.14. The first-order chi connectivity index (χ1) is 14.6. The van der Waals surface area contributed by atoms with Crippen molar-refractivity contribution in [1.82, 2.24) is 14.9 Å². The number of carbonyl (C=O) groups is 1. The molecule has 1 fully saturated rings. The van der Waals surface area contributed by atoms with Crippen molar-refractivity contribution in [2.45, 2.75) is 6.42 Å². The van der Waals surface area contributed by atoms with Gasteiger partial charge in [0.2, 0.25) is 0 Å². The molecule has 154 valence electrons. The van der Waals surface area contributed by atoms with Crippen LogP contribution < -0.4 is 9.64 Å². The number of piperazine rings is 1. The summed E-state index contributed by atoms with van der Waals surface area (Å²) >= 11 is 0. The van der Waals surface area contributed by atoms with E-state index in [1.165, 1.54) is 5.69 Å². The van der Waals surface area contributed by atoms with Crippen LogP contribution >= 0.6 is 0 Å². The van der Waals surface area contributed by atoms with Gasteiger partial charge in [0.15, 0.2) is 5.78 Å². The van der Waals surface area contributed by atoms with Gasteiger partial charge in [-0.3, -0.25) is 4.79 Å². The zero-order valence-corrected chi connectivity index (χ0v) is 17.4. The molecule has 1 aromatic heterocycles. The maximum absolute atomic E-state index is 12.6. The van der Waals surface area contributed by atoms with E-state index in [0.29, 0.717) is 29.1 Å². The first-order valence-electron chi connectivity index (χ1n) is 10.1. The van der Waals surface area contributed by atoms with Gasteiger partial charge in [0, 0.05) is 56.2 Å². The molecule has 0 bridgehead atoms. The van der Waals surface area contributed by atoms with Gasteiger partial charge >= 0.3 is 0 Å². The molecule has 4 rings (SSSR count). The van der Waals surface area contributed by atoms with E-state index in [1.807, 2.05) is 6.07 Å². The molecule has 0 radical (unpaired) electrons. The Hall–Kier alpha value is -3.25. The number of hydrogen-bond donors (Lipinski definition) is 0. The van der Waals surface area contributed by atoms with Gasteiger partial charge in [-0.2, -0.15) is 0 Å². The van der Waals surface area contributed by atoms with Crippen LogP contribution in [0.2, 0.25) is 0 Å². The van der Waals surface area contributed by atoms with Gasteiger partial charge in [-0.05, 0) is 36.9 Å². The lowest BCUT2D eigenvalue weighted by Gasteiger charge is -2.34. The summed E-state index contributed by atoms with van der Waals surface area (Å²) in [7, 11) is 3.75. The molecule has 0 amide bonds. The molecular formula is C24H26N4O2. The van der Waals surface area contributed by atoms with E-state index < -0.39 is 0 Å². The monoisotopic (exact) mass is 402 g/mol. The molecule has 6 nitrogen and oxygen atoms in total. The lowest BCUT2D eigenvalue weighted by atomic mass is 10.1. The second-order valence-electron chi connectivity index (χ2n) is 7.58. The summed E-state index contributed by atoms with van der Waals surface area (Å²) in [6.45, 7) is 4.30. The average molecular weight is 402 g/mol. The number of nitrogens with zero attached hydrogens (tertiary/aromatic N) is 4. The van der Waals surface area contributed by atoms with E-state index in [4.69, 9.17) is 4.74 Å². The highest BCUT2D eigenvalue weighted by molar-refractivity contribution is 6.08. The quantitative estimate of drug-likeness (QED) is 0.591. The molecule has 0 atom stereocenters. The van der Waals surface area contributed by atoms with Gasteiger partial charge in [-0.15, -0.1) is 0 Å². The molecule has 2 aromatic carbocycles. The molecule has 2 heterocycles. The van der Waals surface area contributed by atoms with Crippen molar-refractivity contribution in [3.05, 3.63) is 83.4 Å². The Morgan fingerprint density at radius 3 is 2.33 bits per heavy atom. The molecule has 0 aliphatic carbocycles. The molecular weight excluding hydrogens is 376 g/mol. The van der Waals surface area contributed by atoms with Crippen LogP contribution in [0, 0.1) is 0 Å². The van der Waals surface area contributed by atoms with Crippen molar-refractivity contribution in [1.29, 1.82) is 0 Å². The number of likely N-dealkylation sites (N-methyl/N-ethyl adjacent to an activating group) is 1. The second kappa shape index (κ2) is 9.05. The highest BCUT2D eigenvalue weighted by atomic mass is 16.5. The van der Waals surface area contributed by atoms with Crippen LogP contribution in [0.25, 0.3) is 0 Å². The van der Waals surface area contributed by atoms with Crippen LogP contribution in [0.15, 0.2) is 60.9 Å². The number of hydrogen-bond acceptors (Lipinski definition) is 6. The summed E-state index contributed by atoms with van der Waals surface area (Å²) < 4.78 is 5.19. The lowest BCUT2D eigenvalue weighted by molar-refractivity contribution is 0.103. The Bertz CT molecular complexity index is 994. The minimum absolute atomic E-state index is 0.114. The third-order valence-corrected chi connectivity index (χ3v) is 5.47. The van der Waals surface area contributed by atoms with Gasteiger partial charge in [0.05, 0.1) is 12.7 Å². The maximum atomic E-state index is 12.6. The third-order valence-electron chi connectivity index (χ3n) is 5.47. The van der Waals surface area contributed by atoms with Crippen molar-refractivity contribution in [2.75, 3.05) is 45.2 Å². The Kier molecular flexibility index (Phi) is 6.05. The minimum atomic E-state index is -0.114. The topological polar surface area (TPSA) is 58.6 Å². The number of methoxy groups -OCH3 is 1. The number of ether oxygens (including phenoxy) is 1. The molecule has 1 aliphatic heterocycles. The van der Waals surface area contributed by atoms with E-state index in [-0.39, 0.29) is 5.78 Å². The van der Waals surface area contributed by atoms with Gasteiger partial charge < -0.3 is 14.5 Å². The summed E-state index contributed by atoms with van der Waals surface area (Å²) in [5.41, 5.74) is 3.44. The van der Waals surface area contributed by atoms with Crippen LogP contribution in [-0.4, -0.2) is 61.0 Å². The largest absolute Gasteiger partial charge is 0.497 e. The average Bonchev–Trinajstić information content (AvgIpc) is 2.80. The number of carbonyl (C=O) groups excluding carboxylic acids is 1. The van der Waals surface area contributed by atoms with Crippen molar-refractivity contribution in [3.8, 4) is 5.75 Å². The van der Waals surface area contributed by atoms with Crippen LogP contribution in [0.1, 0.15) is 27.3 Å². The molecule has 0 spiro atoms. The van der Waals surface area contributed by atoms with Crippen LogP contribution in [0.5, 0.6) is 5.75 Å². The predicted octanol–water partition coefficient (Wildman–Crippen LogP) is 3.06. The second-order valence-corrected chi connectivity index (χ2v) is 7.58. The number of benzene rings is 2. The van der Waals surface area contributed by atoms with Crippen molar-refractivity contribution >= 4 is 11.5 Å². The fraction of sp³-hybridized carbons (Fsp3) is 0.292. The zero-order valence-electron chi connectivity index (χ0n) is 17.4. The summed E-state index contributed by atoms with van der Waals surface area (Å²) in [4.78, 5) is 26.2. The van der Waals surface area contributed by atoms with Crippen LogP contribution in [-0.2, 0) is 6.42 Å². The number of aromatic nitrogens is 2. The highest BCUT2D eigenvalue weighted by Crippen LogP contribution is 2.19. The molecule has 0 unspecified atom stereocenters. The number of ketones is 1. The van der Waals surface area contributed by atoms with Crippen LogP contribution in [0.4, 0.5) is 5.69 Å². The molecule has 0 saturated carbocycles. The van der Waals surface area contributed by atoms with Gasteiger partial charge in [0.1, 0.15) is 11.6 Å². The summed E-state index contributed by atoms with van der Waals surface area (Å²) in [5.74, 6) is 1.24. The van der Waals surface area contributed by atoms with E-state index in [2.05, 4.69) is 51.1 Å². The van der Waals surface area contributed by atoms with Gasteiger partial charge in [-0.1, -0.05) is 24.3 Å².